The van der Waals surface area contributed by atoms with E-state index in [2.05, 4.69) is 15.3 Å². The third-order valence-corrected chi connectivity index (χ3v) is 5.44. The van der Waals surface area contributed by atoms with E-state index in [1.165, 1.54) is 0 Å². The second-order valence-electron chi connectivity index (χ2n) is 7.23. The molecule has 1 aliphatic rings. The molecule has 1 aromatic carbocycles. The molecule has 144 valence electrons. The summed E-state index contributed by atoms with van der Waals surface area (Å²) >= 11 is 5.88. The van der Waals surface area contributed by atoms with Gasteiger partial charge in [0.05, 0.1) is 11.6 Å². The number of nitrogens with one attached hydrogen (secondary N) is 1. The van der Waals surface area contributed by atoms with Crippen LogP contribution in [0.5, 0.6) is 0 Å². The Bertz CT molecular complexity index is 993. The smallest absolute Gasteiger partial charge is 0.270 e. The molecule has 3 aromatic rings. The number of carbonyl (C=O) groups excluding carboxylic acids is 1. The van der Waals surface area contributed by atoms with Crippen LogP contribution in [0.4, 0.5) is 4.39 Å². The van der Waals surface area contributed by atoms with E-state index in [1.807, 2.05) is 30.3 Å². The monoisotopic (exact) mass is 397 g/mol. The lowest BCUT2D eigenvalue weighted by Crippen LogP contribution is -2.43. The summed E-state index contributed by atoms with van der Waals surface area (Å²) in [5.41, 5.74) is 3.02. The van der Waals surface area contributed by atoms with Crippen LogP contribution in [0.25, 0.3) is 10.9 Å². The molecule has 1 N–H and O–H groups in total. The first-order chi connectivity index (χ1) is 13.6. The number of pyridine rings is 2. The first-order valence-electron chi connectivity index (χ1n) is 9.54. The van der Waals surface area contributed by atoms with Crippen molar-refractivity contribution in [3.63, 3.8) is 0 Å². The third kappa shape index (κ3) is 4.14. The molecular formula is C22H21ClFN3O. The number of hydrogen-bond donors (Lipinski definition) is 1. The number of nitrogens with zero attached hydrogens (tertiary/aromatic N) is 2. The number of amides is 1. The summed E-state index contributed by atoms with van der Waals surface area (Å²) in [5.74, 6) is -0.323. The maximum Gasteiger partial charge on any atom is 0.270 e. The zero-order valence-electron chi connectivity index (χ0n) is 15.4. The van der Waals surface area contributed by atoms with Crippen molar-refractivity contribution in [2.24, 2.45) is 0 Å². The van der Waals surface area contributed by atoms with Crippen LogP contribution in [-0.4, -0.2) is 28.1 Å². The predicted octanol–water partition coefficient (Wildman–Crippen LogP) is 4.88. The van der Waals surface area contributed by atoms with Crippen molar-refractivity contribution in [2.45, 2.75) is 44.3 Å². The van der Waals surface area contributed by atoms with Gasteiger partial charge in [0.1, 0.15) is 17.0 Å². The fraction of sp³-hybridized carbons (Fsp3) is 0.318. The highest BCUT2D eigenvalue weighted by Gasteiger charge is 2.27. The van der Waals surface area contributed by atoms with Gasteiger partial charge in [0.25, 0.3) is 5.91 Å². The van der Waals surface area contributed by atoms with E-state index in [1.54, 1.807) is 18.3 Å². The summed E-state index contributed by atoms with van der Waals surface area (Å²) in [6, 6.07) is 12.7. The first-order valence-corrected chi connectivity index (χ1v) is 9.92. The minimum absolute atomic E-state index is 0.313. The highest BCUT2D eigenvalue weighted by Crippen LogP contribution is 2.24. The van der Waals surface area contributed by atoms with Crippen molar-refractivity contribution >= 4 is 28.4 Å². The molecule has 4 rings (SSSR count). The van der Waals surface area contributed by atoms with Gasteiger partial charge in [0.2, 0.25) is 0 Å². The summed E-state index contributed by atoms with van der Waals surface area (Å²) in [5, 5.41) is 4.26. The number of benzene rings is 1. The number of hydrogen-bond acceptors (Lipinski definition) is 3. The molecule has 0 spiro atoms. The topological polar surface area (TPSA) is 54.9 Å². The molecule has 0 saturated heterocycles. The van der Waals surface area contributed by atoms with Crippen molar-refractivity contribution < 1.29 is 9.18 Å². The largest absolute Gasteiger partial charge is 0.345 e. The molecule has 2 heterocycles. The number of fused-ring (bicyclic) bond motifs is 1. The number of carbonyl (C=O) groups is 1. The van der Waals surface area contributed by atoms with Gasteiger partial charge in [-0.3, -0.25) is 4.79 Å². The molecule has 2 atom stereocenters. The van der Waals surface area contributed by atoms with Crippen LogP contribution in [0.1, 0.15) is 47.3 Å². The van der Waals surface area contributed by atoms with Crippen LogP contribution in [0.2, 0.25) is 5.15 Å². The molecular weight excluding hydrogens is 377 g/mol. The van der Waals surface area contributed by atoms with Crippen molar-refractivity contribution in [3.05, 3.63) is 70.6 Å². The highest BCUT2D eigenvalue weighted by atomic mass is 35.5. The van der Waals surface area contributed by atoms with E-state index < -0.39 is 12.2 Å². The van der Waals surface area contributed by atoms with Gasteiger partial charge in [-0.15, -0.1) is 0 Å². The van der Waals surface area contributed by atoms with Gasteiger partial charge in [-0.25, -0.2) is 14.4 Å². The summed E-state index contributed by atoms with van der Waals surface area (Å²) in [4.78, 5) is 21.4. The van der Waals surface area contributed by atoms with Crippen molar-refractivity contribution in [3.8, 4) is 0 Å². The lowest BCUT2D eigenvalue weighted by Gasteiger charge is -2.26. The summed E-state index contributed by atoms with van der Waals surface area (Å²) < 4.78 is 14.1. The van der Waals surface area contributed by atoms with E-state index >= 15 is 0 Å². The molecule has 1 fully saturated rings. The van der Waals surface area contributed by atoms with Gasteiger partial charge in [-0.05, 0) is 48.6 Å². The Balaban J connectivity index is 1.65. The number of alkyl halides is 1. The zero-order valence-corrected chi connectivity index (χ0v) is 16.1. The van der Waals surface area contributed by atoms with E-state index in [0.29, 0.717) is 30.1 Å². The average molecular weight is 398 g/mol. The maximum absolute atomic E-state index is 14.1. The minimum atomic E-state index is -0.988. The van der Waals surface area contributed by atoms with Crippen LogP contribution in [0.3, 0.4) is 0 Å². The number of aromatic nitrogens is 2. The molecule has 0 radical (unpaired) electrons. The first kappa shape index (κ1) is 18.8. The fourth-order valence-corrected chi connectivity index (χ4v) is 3.84. The molecule has 0 bridgehead atoms. The maximum atomic E-state index is 14.1. The molecule has 6 heteroatoms. The van der Waals surface area contributed by atoms with Crippen molar-refractivity contribution in [2.75, 3.05) is 0 Å². The minimum Gasteiger partial charge on any atom is -0.345 e. The number of para-hydroxylation sites is 1. The predicted molar refractivity (Wildman–Crippen MR) is 108 cm³/mol. The normalized spacial score (nSPS) is 19.5. The molecule has 1 aliphatic carbocycles. The summed E-state index contributed by atoms with van der Waals surface area (Å²) in [6.45, 7) is 0. The van der Waals surface area contributed by atoms with Gasteiger partial charge >= 0.3 is 0 Å². The van der Waals surface area contributed by atoms with Gasteiger partial charge in [-0.1, -0.05) is 48.7 Å². The Morgan fingerprint density at radius 2 is 2.00 bits per heavy atom. The Morgan fingerprint density at radius 1 is 1.18 bits per heavy atom. The van der Waals surface area contributed by atoms with Crippen molar-refractivity contribution in [1.82, 2.24) is 15.3 Å². The second-order valence-corrected chi connectivity index (χ2v) is 7.62. The molecule has 0 aliphatic heterocycles. The molecule has 0 unspecified atom stereocenters. The van der Waals surface area contributed by atoms with Gasteiger partial charge < -0.3 is 5.32 Å². The summed E-state index contributed by atoms with van der Waals surface area (Å²) in [6.07, 6.45) is 4.33. The second kappa shape index (κ2) is 8.23. The molecule has 4 nitrogen and oxygen atoms in total. The fourth-order valence-electron chi connectivity index (χ4n) is 3.73. The van der Waals surface area contributed by atoms with Crippen LogP contribution in [0, 0.1) is 0 Å². The quantitative estimate of drug-likeness (QED) is 0.638. The van der Waals surface area contributed by atoms with Gasteiger partial charge in [0, 0.05) is 11.6 Å². The Hall–Kier alpha value is -2.53. The van der Waals surface area contributed by atoms with E-state index in [-0.39, 0.29) is 5.91 Å². The lowest BCUT2D eigenvalue weighted by molar-refractivity contribution is 0.0879. The molecule has 28 heavy (non-hydrogen) atoms. The number of rotatable bonds is 4. The van der Waals surface area contributed by atoms with Gasteiger partial charge in [0.15, 0.2) is 0 Å². The van der Waals surface area contributed by atoms with E-state index in [4.69, 9.17) is 11.6 Å². The molecule has 1 amide bonds. The van der Waals surface area contributed by atoms with Crippen LogP contribution in [0.15, 0.2) is 48.7 Å². The Morgan fingerprint density at radius 3 is 2.79 bits per heavy atom. The lowest BCUT2D eigenvalue weighted by atomic mass is 9.93. The van der Waals surface area contributed by atoms with Crippen molar-refractivity contribution in [1.29, 1.82) is 0 Å². The van der Waals surface area contributed by atoms with Crippen LogP contribution >= 0.6 is 11.6 Å². The Labute approximate surface area is 168 Å². The summed E-state index contributed by atoms with van der Waals surface area (Å²) in [7, 11) is 0. The SMILES string of the molecule is O=C(N[C@H]1CCCC[C@@H]1F)c1cc(Cc2ccc(Cl)nc2)c2ccccc2n1. The third-order valence-electron chi connectivity index (χ3n) is 5.22. The molecule has 1 saturated carbocycles. The Kier molecular flexibility index (Phi) is 5.53. The molecule has 2 aromatic heterocycles. The standard InChI is InChI=1S/C22H21ClFN3O/c23-21-10-9-14(13-25-21)11-15-12-20(26-18-7-3-1-5-16(15)18)22(28)27-19-8-4-2-6-17(19)24/h1,3,5,7,9-10,12-13,17,19H,2,4,6,8,11H2,(H,27,28)/t17-,19-/m0/s1. The van der Waals surface area contributed by atoms with Crippen LogP contribution in [-0.2, 0) is 6.42 Å². The van der Waals surface area contributed by atoms with Gasteiger partial charge in [-0.2, -0.15) is 0 Å². The highest BCUT2D eigenvalue weighted by molar-refractivity contribution is 6.29. The number of halogens is 2. The van der Waals surface area contributed by atoms with E-state index in [9.17, 15) is 9.18 Å². The van der Waals surface area contributed by atoms with E-state index in [0.717, 1.165) is 34.9 Å². The average Bonchev–Trinajstić information content (AvgIpc) is 2.71. The zero-order chi connectivity index (χ0) is 19.5. The van der Waals surface area contributed by atoms with Crippen LogP contribution < -0.4 is 5.32 Å².